The molecule has 3 saturated carbocycles. The van der Waals surface area contributed by atoms with Crippen LogP contribution >= 0.6 is 11.6 Å². The fraction of sp³-hybridized carbons (Fsp3) is 0.679. The molecule has 0 bridgehead atoms. The van der Waals surface area contributed by atoms with Crippen molar-refractivity contribution in [1.82, 2.24) is 0 Å². The highest BCUT2D eigenvalue weighted by Crippen LogP contribution is 2.71. The molecule has 0 spiro atoms. The standard InChI is InChI=1S/C28H34ClFO9/c1-15-10-17-18-12-20(32)19-11-16(31)7-8-25(19,2)27(18,30)21(33)13-26(17,3)28(15,39-24(36)37-4)22(34)14-38-23(35)6-5-9-29/h7-8,11,15,17-18,21,33H,5-6,9-10,12-14H2,1-4H3/t15-,17-,18-,21-,25-,26-,27-,28-/m0/s1. The normalized spacial score (nSPS) is 40.6. The summed E-state index contributed by atoms with van der Waals surface area (Å²) in [5.74, 6) is -4.42. The minimum atomic E-state index is -2.34. The van der Waals surface area contributed by atoms with Crippen molar-refractivity contribution in [2.45, 2.75) is 70.2 Å². The number of allylic oxidation sites excluding steroid dienone is 4. The average molecular weight is 569 g/mol. The van der Waals surface area contributed by atoms with Crippen molar-refractivity contribution in [3.8, 4) is 0 Å². The molecule has 9 nitrogen and oxygen atoms in total. The van der Waals surface area contributed by atoms with Crippen molar-refractivity contribution in [3.05, 3.63) is 23.8 Å². The van der Waals surface area contributed by atoms with Crippen LogP contribution in [0.15, 0.2) is 23.8 Å². The minimum absolute atomic E-state index is 0.00515. The Kier molecular flexibility index (Phi) is 7.62. The number of methoxy groups -OCH3 is 1. The van der Waals surface area contributed by atoms with Gasteiger partial charge in [-0.05, 0) is 44.3 Å². The third kappa shape index (κ3) is 4.08. The zero-order valence-corrected chi connectivity index (χ0v) is 23.2. The van der Waals surface area contributed by atoms with Crippen LogP contribution in [0.3, 0.4) is 0 Å². The van der Waals surface area contributed by atoms with Crippen molar-refractivity contribution in [2.75, 3.05) is 19.6 Å². The molecule has 3 fully saturated rings. The van der Waals surface area contributed by atoms with Gasteiger partial charge < -0.3 is 19.3 Å². The number of esters is 1. The lowest BCUT2D eigenvalue weighted by Crippen LogP contribution is -2.71. The molecule has 39 heavy (non-hydrogen) atoms. The number of aliphatic hydroxyl groups is 1. The molecule has 0 aliphatic heterocycles. The maximum atomic E-state index is 17.4. The van der Waals surface area contributed by atoms with Crippen LogP contribution in [0.5, 0.6) is 0 Å². The van der Waals surface area contributed by atoms with Crippen molar-refractivity contribution >= 4 is 41.1 Å². The molecule has 8 atom stereocenters. The summed E-state index contributed by atoms with van der Waals surface area (Å²) in [7, 11) is 1.08. The van der Waals surface area contributed by atoms with Crippen LogP contribution in [0.1, 0.15) is 52.9 Å². The highest BCUT2D eigenvalue weighted by atomic mass is 35.5. The molecular weight excluding hydrogens is 535 g/mol. The van der Waals surface area contributed by atoms with E-state index in [0.29, 0.717) is 6.42 Å². The van der Waals surface area contributed by atoms with E-state index in [9.17, 15) is 29.1 Å². The Hall–Kier alpha value is -2.59. The molecule has 11 heteroatoms. The summed E-state index contributed by atoms with van der Waals surface area (Å²) in [5.41, 5.74) is -7.17. The first-order valence-electron chi connectivity index (χ1n) is 13.1. The zero-order valence-electron chi connectivity index (χ0n) is 22.5. The quantitative estimate of drug-likeness (QED) is 0.362. The lowest BCUT2D eigenvalue weighted by Gasteiger charge is -2.62. The van der Waals surface area contributed by atoms with Gasteiger partial charge in [0, 0.05) is 41.5 Å². The predicted molar refractivity (Wildman–Crippen MR) is 135 cm³/mol. The summed E-state index contributed by atoms with van der Waals surface area (Å²) in [6.45, 7) is 4.10. The number of carbonyl (C=O) groups is 5. The summed E-state index contributed by atoms with van der Waals surface area (Å²) >= 11 is 5.62. The average Bonchev–Trinajstić information content (AvgIpc) is 3.10. The summed E-state index contributed by atoms with van der Waals surface area (Å²) in [6.07, 6.45) is 0.788. The molecular formula is C28H34ClFO9. The largest absolute Gasteiger partial charge is 0.509 e. The second-order valence-corrected chi connectivity index (χ2v) is 11.9. The lowest BCUT2D eigenvalue weighted by atomic mass is 9.44. The van der Waals surface area contributed by atoms with Crippen molar-refractivity contribution < 1.29 is 47.7 Å². The summed E-state index contributed by atoms with van der Waals surface area (Å²) in [4.78, 5) is 63.9. The smallest absolute Gasteiger partial charge is 0.457 e. The molecule has 4 aliphatic carbocycles. The number of ether oxygens (including phenoxy) is 3. The predicted octanol–water partition coefficient (Wildman–Crippen LogP) is 3.44. The van der Waals surface area contributed by atoms with E-state index in [4.69, 9.17) is 25.8 Å². The summed E-state index contributed by atoms with van der Waals surface area (Å²) in [5, 5.41) is 11.5. The van der Waals surface area contributed by atoms with Crippen LogP contribution in [0.25, 0.3) is 0 Å². The van der Waals surface area contributed by atoms with Gasteiger partial charge in [-0.3, -0.25) is 19.2 Å². The van der Waals surface area contributed by atoms with Crippen molar-refractivity contribution in [1.29, 1.82) is 0 Å². The first kappa shape index (κ1) is 29.4. The number of Topliss-reactive ketones (excluding diaryl/α,β-unsaturated/α-hetero) is 2. The number of ketones is 3. The molecule has 214 valence electrons. The summed E-state index contributed by atoms with van der Waals surface area (Å²) < 4.78 is 33.1. The Balaban J connectivity index is 1.78. The van der Waals surface area contributed by atoms with E-state index in [2.05, 4.69) is 0 Å². The number of alkyl halides is 2. The second kappa shape index (κ2) is 10.1. The zero-order chi connectivity index (χ0) is 29.0. The van der Waals surface area contributed by atoms with Crippen LogP contribution < -0.4 is 0 Å². The van der Waals surface area contributed by atoms with E-state index in [0.717, 1.165) is 13.2 Å². The van der Waals surface area contributed by atoms with Crippen molar-refractivity contribution in [2.24, 2.45) is 28.6 Å². The number of carbonyl (C=O) groups excluding carboxylic acids is 5. The van der Waals surface area contributed by atoms with Gasteiger partial charge in [0.15, 0.2) is 29.4 Å². The highest BCUT2D eigenvalue weighted by Gasteiger charge is 2.78. The molecule has 1 N–H and O–H groups in total. The van der Waals surface area contributed by atoms with Crippen LogP contribution in [0.4, 0.5) is 9.18 Å². The number of rotatable bonds is 7. The van der Waals surface area contributed by atoms with E-state index >= 15 is 4.39 Å². The summed E-state index contributed by atoms with van der Waals surface area (Å²) in [6, 6.07) is 0. The van der Waals surface area contributed by atoms with Gasteiger partial charge in [0.1, 0.15) is 0 Å². The van der Waals surface area contributed by atoms with E-state index in [1.165, 1.54) is 19.1 Å². The third-order valence-corrected chi connectivity index (χ3v) is 10.00. The molecule has 4 aliphatic rings. The molecule has 0 aromatic heterocycles. The van der Waals surface area contributed by atoms with E-state index in [-0.39, 0.29) is 37.1 Å². The Bertz CT molecular complexity index is 1170. The maximum Gasteiger partial charge on any atom is 0.509 e. The third-order valence-electron chi connectivity index (χ3n) is 9.73. The highest BCUT2D eigenvalue weighted by molar-refractivity contribution is 6.17. The molecule has 0 aromatic rings. The topological polar surface area (TPSA) is 133 Å². The molecule has 4 rings (SSSR count). The monoisotopic (exact) mass is 568 g/mol. The molecule has 0 saturated heterocycles. The number of fused-ring (bicyclic) bond motifs is 5. The lowest BCUT2D eigenvalue weighted by molar-refractivity contribution is -0.220. The SMILES string of the molecule is COC(=O)O[C@]1(C(=O)COC(=O)CCCCl)[C@@H](C)C[C@H]2[C@@H]3CC(=O)C4=CC(=O)C=C[C@]4(C)[C@@]3(F)[C@@H](O)C[C@@]21C. The van der Waals surface area contributed by atoms with Gasteiger partial charge in [-0.15, -0.1) is 11.6 Å². The molecule has 0 radical (unpaired) electrons. The van der Waals surface area contributed by atoms with Gasteiger partial charge in [0.05, 0.1) is 18.6 Å². The first-order chi connectivity index (χ1) is 18.2. The number of halogens is 2. The van der Waals surface area contributed by atoms with Gasteiger partial charge in [0.2, 0.25) is 5.78 Å². The van der Waals surface area contributed by atoms with Gasteiger partial charge in [-0.25, -0.2) is 9.18 Å². The first-order valence-corrected chi connectivity index (χ1v) is 13.6. The maximum absolute atomic E-state index is 17.4. The van der Waals surface area contributed by atoms with Gasteiger partial charge >= 0.3 is 12.1 Å². The molecule has 0 unspecified atom stereocenters. The Morgan fingerprint density at radius 2 is 1.90 bits per heavy atom. The van der Waals surface area contributed by atoms with Crippen LogP contribution in [0.2, 0.25) is 0 Å². The van der Waals surface area contributed by atoms with E-state index in [1.54, 1.807) is 13.8 Å². The van der Waals surface area contributed by atoms with E-state index in [1.807, 2.05) is 0 Å². The molecule has 0 amide bonds. The fourth-order valence-electron chi connectivity index (χ4n) is 7.94. The number of hydrogen-bond donors (Lipinski definition) is 1. The Morgan fingerprint density at radius 3 is 2.54 bits per heavy atom. The van der Waals surface area contributed by atoms with Crippen LogP contribution in [-0.4, -0.2) is 71.6 Å². The molecule has 0 aromatic carbocycles. The van der Waals surface area contributed by atoms with Crippen LogP contribution in [0, 0.1) is 28.6 Å². The Morgan fingerprint density at radius 1 is 1.21 bits per heavy atom. The second-order valence-electron chi connectivity index (χ2n) is 11.5. The Labute approximate surface area is 231 Å². The van der Waals surface area contributed by atoms with Crippen molar-refractivity contribution in [3.63, 3.8) is 0 Å². The van der Waals surface area contributed by atoms with Gasteiger partial charge in [0.25, 0.3) is 0 Å². The minimum Gasteiger partial charge on any atom is -0.457 e. The van der Waals surface area contributed by atoms with Gasteiger partial charge in [-0.2, -0.15) is 0 Å². The molecule has 0 heterocycles. The number of hydrogen-bond acceptors (Lipinski definition) is 9. The fourth-order valence-corrected chi connectivity index (χ4v) is 8.07. The van der Waals surface area contributed by atoms with E-state index < -0.39 is 82.0 Å². The van der Waals surface area contributed by atoms with Crippen LogP contribution in [-0.2, 0) is 33.4 Å². The number of aliphatic hydroxyl groups excluding tert-OH is 1. The van der Waals surface area contributed by atoms with Gasteiger partial charge in [-0.1, -0.05) is 19.9 Å².